The van der Waals surface area contributed by atoms with E-state index in [1.54, 1.807) is 41.8 Å². The summed E-state index contributed by atoms with van der Waals surface area (Å²) in [5.74, 6) is 0.0639. The summed E-state index contributed by atoms with van der Waals surface area (Å²) in [6.07, 6.45) is 0. The summed E-state index contributed by atoms with van der Waals surface area (Å²) in [4.78, 5) is 41.7. The van der Waals surface area contributed by atoms with E-state index in [1.807, 2.05) is 6.07 Å². The number of thiazole rings is 1. The summed E-state index contributed by atoms with van der Waals surface area (Å²) in [5, 5.41) is 2.87. The van der Waals surface area contributed by atoms with E-state index >= 15 is 0 Å². The van der Waals surface area contributed by atoms with Crippen molar-refractivity contribution in [2.75, 3.05) is 18.6 Å². The van der Waals surface area contributed by atoms with E-state index in [-0.39, 0.29) is 19.1 Å². The predicted octanol–water partition coefficient (Wildman–Crippen LogP) is 4.06. The molecule has 0 N–H and O–H groups in total. The molecular formula is C24H20N2O7S. The third-order valence-electron chi connectivity index (χ3n) is 4.70. The average molecular weight is 480 g/mol. The molecule has 34 heavy (non-hydrogen) atoms. The molecule has 0 saturated heterocycles. The van der Waals surface area contributed by atoms with Crippen LogP contribution in [-0.2, 0) is 20.9 Å². The van der Waals surface area contributed by atoms with Crippen molar-refractivity contribution in [3.05, 3.63) is 76.1 Å². The third kappa shape index (κ3) is 5.24. The zero-order valence-electron chi connectivity index (χ0n) is 18.3. The van der Waals surface area contributed by atoms with Crippen LogP contribution in [0, 0.1) is 0 Å². The first-order chi connectivity index (χ1) is 16.4. The van der Waals surface area contributed by atoms with Crippen molar-refractivity contribution in [1.82, 2.24) is 4.98 Å². The normalized spacial score (nSPS) is 10.6. The molecule has 0 unspecified atom stereocenters. The molecule has 2 aromatic heterocycles. The number of fused-ring (bicyclic) bond motifs is 1. The van der Waals surface area contributed by atoms with Crippen molar-refractivity contribution in [3.63, 3.8) is 0 Å². The first-order valence-corrected chi connectivity index (χ1v) is 11.0. The zero-order valence-corrected chi connectivity index (χ0v) is 19.2. The molecule has 174 valence electrons. The van der Waals surface area contributed by atoms with Gasteiger partial charge in [0.25, 0.3) is 0 Å². The number of benzene rings is 2. The van der Waals surface area contributed by atoms with Crippen LogP contribution >= 0.6 is 11.3 Å². The van der Waals surface area contributed by atoms with E-state index in [0.29, 0.717) is 33.6 Å². The van der Waals surface area contributed by atoms with Gasteiger partial charge in [-0.2, -0.15) is 0 Å². The highest BCUT2D eigenvalue weighted by atomic mass is 32.1. The van der Waals surface area contributed by atoms with Crippen LogP contribution in [0.2, 0.25) is 0 Å². The van der Waals surface area contributed by atoms with E-state index in [2.05, 4.69) is 4.98 Å². The van der Waals surface area contributed by atoms with E-state index in [4.69, 9.17) is 18.6 Å². The maximum absolute atomic E-state index is 12.3. The highest BCUT2D eigenvalue weighted by molar-refractivity contribution is 7.14. The largest absolute Gasteiger partial charge is 0.495 e. The van der Waals surface area contributed by atoms with Gasteiger partial charge in [-0.05, 0) is 30.3 Å². The van der Waals surface area contributed by atoms with Crippen LogP contribution in [0.3, 0.4) is 0 Å². The number of anilines is 2. The van der Waals surface area contributed by atoms with Crippen LogP contribution < -0.4 is 20.0 Å². The molecule has 0 saturated carbocycles. The van der Waals surface area contributed by atoms with Gasteiger partial charge in [-0.1, -0.05) is 12.1 Å². The summed E-state index contributed by atoms with van der Waals surface area (Å²) < 4.78 is 21.1. The van der Waals surface area contributed by atoms with E-state index in [1.165, 1.54) is 42.4 Å². The molecule has 9 nitrogen and oxygen atoms in total. The number of rotatable bonds is 8. The topological polar surface area (TPSA) is 108 Å². The predicted molar refractivity (Wildman–Crippen MR) is 126 cm³/mol. The van der Waals surface area contributed by atoms with Gasteiger partial charge >= 0.3 is 11.6 Å². The number of hydrogen-bond acceptors (Lipinski definition) is 9. The van der Waals surface area contributed by atoms with Crippen LogP contribution in [0.25, 0.3) is 11.0 Å². The fourth-order valence-corrected chi connectivity index (χ4v) is 4.02. The molecule has 10 heteroatoms. The van der Waals surface area contributed by atoms with Gasteiger partial charge in [0.15, 0.2) is 11.7 Å². The molecule has 0 aliphatic rings. The fourth-order valence-electron chi connectivity index (χ4n) is 3.16. The van der Waals surface area contributed by atoms with Gasteiger partial charge in [0.05, 0.1) is 18.5 Å². The van der Waals surface area contributed by atoms with E-state index in [9.17, 15) is 14.4 Å². The maximum atomic E-state index is 12.3. The number of amides is 1. The van der Waals surface area contributed by atoms with E-state index in [0.717, 1.165) is 5.39 Å². The standard InChI is InChI=1S/C24H20N2O7S/c1-15(27)26(19-5-3-4-6-20(19)30-2)24-25-17(14-34-24)12-32-23(29)13-31-18-9-7-16-8-10-22(28)33-21(16)11-18/h3-11,14H,12-13H2,1-2H3. The number of carbonyl (C=O) groups is 2. The van der Waals surface area contributed by atoms with Crippen molar-refractivity contribution in [3.8, 4) is 11.5 Å². The monoisotopic (exact) mass is 480 g/mol. The molecule has 2 heterocycles. The highest BCUT2D eigenvalue weighted by Gasteiger charge is 2.21. The summed E-state index contributed by atoms with van der Waals surface area (Å²) in [6.45, 7) is 1.02. The summed E-state index contributed by atoms with van der Waals surface area (Å²) >= 11 is 1.24. The van der Waals surface area contributed by atoms with Crippen LogP contribution in [-0.4, -0.2) is 30.6 Å². The van der Waals surface area contributed by atoms with Crippen molar-refractivity contribution in [2.45, 2.75) is 13.5 Å². The molecule has 0 fully saturated rings. The Morgan fingerprint density at radius 2 is 1.91 bits per heavy atom. The highest BCUT2D eigenvalue weighted by Crippen LogP contribution is 2.35. The quantitative estimate of drug-likeness (QED) is 0.274. The van der Waals surface area contributed by atoms with Gasteiger partial charge in [0, 0.05) is 29.8 Å². The lowest BCUT2D eigenvalue weighted by Crippen LogP contribution is -2.23. The Kier molecular flexibility index (Phi) is 6.88. The molecule has 0 radical (unpaired) electrons. The Labute approximate surface area is 198 Å². The molecule has 4 rings (SSSR count). The van der Waals surface area contributed by atoms with E-state index < -0.39 is 11.6 Å². The molecular weight excluding hydrogens is 460 g/mol. The minimum atomic E-state index is -0.600. The molecule has 0 aliphatic heterocycles. The Balaban J connectivity index is 1.37. The van der Waals surface area contributed by atoms with Crippen LogP contribution in [0.5, 0.6) is 11.5 Å². The lowest BCUT2D eigenvalue weighted by Gasteiger charge is -2.20. The SMILES string of the molecule is COc1ccccc1N(C(C)=O)c1nc(COC(=O)COc2ccc3ccc(=O)oc3c2)cs1. The zero-order chi connectivity index (χ0) is 24.1. The Morgan fingerprint density at radius 3 is 2.71 bits per heavy atom. The minimum Gasteiger partial charge on any atom is -0.495 e. The number of carbonyl (C=O) groups excluding carboxylic acids is 2. The van der Waals surface area contributed by atoms with Crippen molar-refractivity contribution >= 4 is 45.0 Å². The second-order valence-corrected chi connectivity index (χ2v) is 7.89. The van der Waals surface area contributed by atoms with Crippen molar-refractivity contribution in [2.24, 2.45) is 0 Å². The van der Waals surface area contributed by atoms with Gasteiger partial charge < -0.3 is 18.6 Å². The van der Waals surface area contributed by atoms with Gasteiger partial charge in [-0.25, -0.2) is 14.6 Å². The average Bonchev–Trinajstić information content (AvgIpc) is 3.29. The first-order valence-electron chi connectivity index (χ1n) is 10.1. The first kappa shape index (κ1) is 23.0. The fraction of sp³-hybridized carbons (Fsp3) is 0.167. The second-order valence-electron chi connectivity index (χ2n) is 7.05. The van der Waals surface area contributed by atoms with Gasteiger partial charge in [0.1, 0.15) is 23.7 Å². The van der Waals surface area contributed by atoms with Crippen molar-refractivity contribution < 1.29 is 28.2 Å². The Morgan fingerprint density at radius 1 is 1.12 bits per heavy atom. The van der Waals surface area contributed by atoms with Crippen LogP contribution in [0.1, 0.15) is 12.6 Å². The van der Waals surface area contributed by atoms with Gasteiger partial charge in [-0.15, -0.1) is 11.3 Å². The molecule has 4 aromatic rings. The Bertz CT molecular complexity index is 1400. The second kappa shape index (κ2) is 10.2. The lowest BCUT2D eigenvalue weighted by atomic mass is 10.2. The molecule has 0 atom stereocenters. The summed E-state index contributed by atoms with van der Waals surface area (Å²) in [6, 6.07) is 15.0. The number of hydrogen-bond donors (Lipinski definition) is 0. The summed E-state index contributed by atoms with van der Waals surface area (Å²) in [5.41, 5.74) is 0.941. The van der Waals surface area contributed by atoms with Crippen LogP contribution in [0.15, 0.2) is 69.2 Å². The smallest absolute Gasteiger partial charge is 0.344 e. The number of ether oxygens (including phenoxy) is 3. The lowest BCUT2D eigenvalue weighted by molar-refractivity contribution is -0.147. The molecule has 0 aliphatic carbocycles. The number of esters is 1. The molecule has 0 bridgehead atoms. The summed E-state index contributed by atoms with van der Waals surface area (Å²) in [7, 11) is 1.53. The molecule has 0 spiro atoms. The number of methoxy groups -OCH3 is 1. The van der Waals surface area contributed by atoms with Crippen molar-refractivity contribution in [1.29, 1.82) is 0 Å². The third-order valence-corrected chi connectivity index (χ3v) is 5.58. The van der Waals surface area contributed by atoms with Crippen LogP contribution in [0.4, 0.5) is 10.8 Å². The van der Waals surface area contributed by atoms with Gasteiger partial charge in [-0.3, -0.25) is 9.69 Å². The molecule has 2 aromatic carbocycles. The Hall–Kier alpha value is -4.18. The number of nitrogens with zero attached hydrogens (tertiary/aromatic N) is 2. The minimum absolute atomic E-state index is 0.0804. The number of para-hydroxylation sites is 2. The van der Waals surface area contributed by atoms with Gasteiger partial charge in [0.2, 0.25) is 5.91 Å². The number of aromatic nitrogens is 1. The maximum Gasteiger partial charge on any atom is 0.344 e. The molecule has 1 amide bonds.